The maximum Gasteiger partial charge on any atom is 0.0714 e. The van der Waals surface area contributed by atoms with Crippen LogP contribution in [0.1, 0.15) is 54.9 Å². The lowest BCUT2D eigenvalue weighted by molar-refractivity contribution is 0.221. The van der Waals surface area contributed by atoms with Gasteiger partial charge in [-0.1, -0.05) is 40.5 Å². The molecule has 0 radical (unpaired) electrons. The van der Waals surface area contributed by atoms with Crippen LogP contribution in [-0.4, -0.2) is 11.6 Å². The van der Waals surface area contributed by atoms with Gasteiger partial charge in [0.25, 0.3) is 0 Å². The van der Waals surface area contributed by atoms with Crippen LogP contribution in [0.3, 0.4) is 0 Å². The van der Waals surface area contributed by atoms with Crippen molar-refractivity contribution in [3.05, 3.63) is 0 Å². The van der Waals surface area contributed by atoms with Crippen molar-refractivity contribution >= 4 is 0 Å². The van der Waals surface area contributed by atoms with E-state index in [1.807, 2.05) is 0 Å². The Bertz CT molecular complexity index is 225. The molecule has 88 valence electrons. The first-order valence-corrected chi connectivity index (χ1v) is 5.81. The van der Waals surface area contributed by atoms with E-state index < -0.39 is 0 Å². The summed E-state index contributed by atoms with van der Waals surface area (Å²) < 4.78 is 0. The Kier molecular flexibility index (Phi) is 4.87. The maximum absolute atomic E-state index is 5.53. The lowest BCUT2D eigenvalue weighted by atomic mass is 9.81. The fourth-order valence-electron chi connectivity index (χ4n) is 2.20. The van der Waals surface area contributed by atoms with Crippen molar-refractivity contribution in [1.29, 1.82) is 0 Å². The molecule has 0 saturated heterocycles. The first-order valence-electron chi connectivity index (χ1n) is 5.81. The molecule has 0 aliphatic heterocycles. The maximum atomic E-state index is 5.53. The summed E-state index contributed by atoms with van der Waals surface area (Å²) in [5.41, 5.74) is 0.423. The van der Waals surface area contributed by atoms with Crippen molar-refractivity contribution in [3.63, 3.8) is 0 Å². The fourth-order valence-corrected chi connectivity index (χ4v) is 2.20. The molecule has 0 rings (SSSR count). The minimum absolute atomic E-state index is 0.0968. The molecule has 1 N–H and O–H groups in total. The van der Waals surface area contributed by atoms with Crippen LogP contribution in [0, 0.1) is 23.7 Å². The van der Waals surface area contributed by atoms with Crippen LogP contribution in [0.2, 0.25) is 0 Å². The molecule has 1 atom stereocenters. The number of rotatable bonds is 4. The molecule has 0 fully saturated rings. The van der Waals surface area contributed by atoms with Crippen molar-refractivity contribution in [2.45, 2.75) is 66.5 Å². The van der Waals surface area contributed by atoms with Crippen LogP contribution in [0.15, 0.2) is 0 Å². The van der Waals surface area contributed by atoms with Crippen LogP contribution >= 0.6 is 0 Å². The molecule has 15 heavy (non-hydrogen) atoms. The van der Waals surface area contributed by atoms with Gasteiger partial charge in [0.1, 0.15) is 0 Å². The van der Waals surface area contributed by atoms with E-state index in [-0.39, 0.29) is 11.6 Å². The topological polar surface area (TPSA) is 12.0 Å². The number of hydrogen-bond donors (Lipinski definition) is 1. The second-order valence-electron chi connectivity index (χ2n) is 6.65. The van der Waals surface area contributed by atoms with E-state index in [9.17, 15) is 0 Å². The van der Waals surface area contributed by atoms with Gasteiger partial charge in [-0.3, -0.25) is 5.32 Å². The van der Waals surface area contributed by atoms with Crippen molar-refractivity contribution in [3.8, 4) is 12.3 Å². The highest BCUT2D eigenvalue weighted by atomic mass is 15.0. The monoisotopic (exact) mass is 209 g/mol. The molecule has 0 spiro atoms. The van der Waals surface area contributed by atoms with E-state index in [2.05, 4.69) is 59.7 Å². The molecule has 0 aliphatic rings. The van der Waals surface area contributed by atoms with Crippen molar-refractivity contribution in [2.75, 3.05) is 0 Å². The average Bonchev–Trinajstić information content (AvgIpc) is 1.94. The van der Waals surface area contributed by atoms with E-state index in [1.165, 1.54) is 0 Å². The van der Waals surface area contributed by atoms with Crippen LogP contribution < -0.4 is 5.32 Å². The molecule has 1 heteroatoms. The minimum atomic E-state index is 0.0968. The Morgan fingerprint density at radius 1 is 1.13 bits per heavy atom. The Balaban J connectivity index is 4.43. The molecule has 0 aromatic carbocycles. The summed E-state index contributed by atoms with van der Waals surface area (Å²) in [6.07, 6.45) is 6.65. The Morgan fingerprint density at radius 3 is 1.87 bits per heavy atom. The van der Waals surface area contributed by atoms with Crippen LogP contribution in [-0.2, 0) is 0 Å². The van der Waals surface area contributed by atoms with Gasteiger partial charge in [-0.15, -0.1) is 6.42 Å². The van der Waals surface area contributed by atoms with Gasteiger partial charge in [-0.05, 0) is 31.6 Å². The molecule has 0 bridgehead atoms. The highest BCUT2D eigenvalue weighted by Crippen LogP contribution is 2.27. The van der Waals surface area contributed by atoms with Crippen molar-refractivity contribution in [1.82, 2.24) is 5.32 Å². The summed E-state index contributed by atoms with van der Waals surface area (Å²) in [5.74, 6) is 3.31. The smallest absolute Gasteiger partial charge is 0.0714 e. The van der Waals surface area contributed by atoms with E-state index in [4.69, 9.17) is 6.42 Å². The Hall–Kier alpha value is -0.480. The van der Waals surface area contributed by atoms with Gasteiger partial charge < -0.3 is 0 Å². The zero-order valence-corrected chi connectivity index (χ0v) is 11.4. The van der Waals surface area contributed by atoms with Crippen LogP contribution in [0.4, 0.5) is 0 Å². The SMILES string of the molecule is C#CC(NC(C)(C)CC(C)(C)C)C(C)C. The van der Waals surface area contributed by atoms with Gasteiger partial charge in [-0.25, -0.2) is 0 Å². The lowest BCUT2D eigenvalue weighted by Crippen LogP contribution is -2.49. The number of nitrogens with one attached hydrogen (secondary N) is 1. The zero-order valence-electron chi connectivity index (χ0n) is 11.4. The van der Waals surface area contributed by atoms with E-state index in [0.29, 0.717) is 11.3 Å². The summed E-state index contributed by atoms with van der Waals surface area (Å²) >= 11 is 0. The van der Waals surface area contributed by atoms with Gasteiger partial charge in [0.05, 0.1) is 6.04 Å². The van der Waals surface area contributed by atoms with Gasteiger partial charge in [0.2, 0.25) is 0 Å². The normalized spacial score (nSPS) is 15.1. The highest BCUT2D eigenvalue weighted by Gasteiger charge is 2.27. The summed E-state index contributed by atoms with van der Waals surface area (Å²) in [5, 5.41) is 3.56. The van der Waals surface area contributed by atoms with Crippen molar-refractivity contribution < 1.29 is 0 Å². The van der Waals surface area contributed by atoms with Gasteiger partial charge in [0.15, 0.2) is 0 Å². The third kappa shape index (κ3) is 6.57. The van der Waals surface area contributed by atoms with E-state index >= 15 is 0 Å². The highest BCUT2D eigenvalue weighted by molar-refractivity contribution is 5.03. The van der Waals surface area contributed by atoms with Gasteiger partial charge >= 0.3 is 0 Å². The third-order valence-electron chi connectivity index (χ3n) is 2.36. The third-order valence-corrected chi connectivity index (χ3v) is 2.36. The van der Waals surface area contributed by atoms with Crippen molar-refractivity contribution in [2.24, 2.45) is 11.3 Å². The van der Waals surface area contributed by atoms with Gasteiger partial charge in [-0.2, -0.15) is 0 Å². The quantitative estimate of drug-likeness (QED) is 0.699. The predicted molar refractivity (Wildman–Crippen MR) is 68.7 cm³/mol. The minimum Gasteiger partial charge on any atom is -0.298 e. The Labute approximate surface area is 96.0 Å². The molecule has 0 aromatic heterocycles. The molecular weight excluding hydrogens is 182 g/mol. The first-order chi connectivity index (χ1) is 6.57. The Morgan fingerprint density at radius 2 is 1.60 bits per heavy atom. The lowest BCUT2D eigenvalue weighted by Gasteiger charge is -2.36. The standard InChI is InChI=1S/C14H27N/c1-9-12(11(2)3)15-14(7,8)10-13(4,5)6/h1,11-12,15H,10H2,2-8H3. The predicted octanol–water partition coefficient (Wildman–Crippen LogP) is 3.45. The molecule has 0 amide bonds. The molecule has 0 heterocycles. The molecule has 0 saturated carbocycles. The number of terminal acetylenes is 1. The van der Waals surface area contributed by atoms with E-state index in [0.717, 1.165) is 6.42 Å². The summed E-state index contributed by atoms with van der Waals surface area (Å²) in [4.78, 5) is 0. The largest absolute Gasteiger partial charge is 0.298 e. The molecule has 0 aliphatic carbocycles. The second kappa shape index (κ2) is 5.03. The molecule has 1 unspecified atom stereocenters. The molecule has 0 aromatic rings. The average molecular weight is 209 g/mol. The van der Waals surface area contributed by atoms with Crippen LogP contribution in [0.5, 0.6) is 0 Å². The zero-order chi connectivity index (χ0) is 12.3. The number of hydrogen-bond acceptors (Lipinski definition) is 1. The first kappa shape index (κ1) is 14.5. The molecular formula is C14H27N. The second-order valence-corrected chi connectivity index (χ2v) is 6.65. The summed E-state index contributed by atoms with van der Waals surface area (Å²) in [7, 11) is 0. The summed E-state index contributed by atoms with van der Waals surface area (Å²) in [6.45, 7) is 15.6. The van der Waals surface area contributed by atoms with Gasteiger partial charge in [0, 0.05) is 5.54 Å². The summed E-state index contributed by atoms with van der Waals surface area (Å²) in [6, 6.07) is 0.169. The van der Waals surface area contributed by atoms with E-state index in [1.54, 1.807) is 0 Å². The van der Waals surface area contributed by atoms with Crippen LogP contribution in [0.25, 0.3) is 0 Å². The fraction of sp³-hybridized carbons (Fsp3) is 0.857. The molecule has 1 nitrogen and oxygen atoms in total.